The van der Waals surface area contributed by atoms with Crippen molar-refractivity contribution in [3.63, 3.8) is 0 Å². The first kappa shape index (κ1) is 18.6. The fourth-order valence-electron chi connectivity index (χ4n) is 2.37. The summed E-state index contributed by atoms with van der Waals surface area (Å²) in [5.74, 6) is 0.659. The van der Waals surface area contributed by atoms with Crippen LogP contribution < -0.4 is 19.5 Å². The molecule has 0 saturated heterocycles. The predicted molar refractivity (Wildman–Crippen MR) is 93.0 cm³/mol. The molecule has 0 radical (unpaired) electrons. The van der Waals surface area contributed by atoms with Gasteiger partial charge in [-0.25, -0.2) is 0 Å². The molecule has 1 N–H and O–H groups in total. The second-order valence-corrected chi connectivity index (χ2v) is 5.84. The third-order valence-corrected chi connectivity index (χ3v) is 3.61. The smallest absolute Gasteiger partial charge is 0.422 e. The Morgan fingerprint density at radius 3 is 2.74 bits per heavy atom. The van der Waals surface area contributed by atoms with Gasteiger partial charge in [-0.3, -0.25) is 4.79 Å². The summed E-state index contributed by atoms with van der Waals surface area (Å²) in [5.41, 5.74) is 1.58. The predicted octanol–water partition coefficient (Wildman–Crippen LogP) is 4.32. The zero-order valence-corrected chi connectivity index (χ0v) is 14.3. The summed E-state index contributed by atoms with van der Waals surface area (Å²) in [6.07, 6.45) is -1.64. The lowest BCUT2D eigenvalue weighted by molar-refractivity contribution is -0.153. The Kier molecular flexibility index (Phi) is 5.25. The van der Waals surface area contributed by atoms with Crippen LogP contribution in [0, 0.1) is 6.92 Å². The second kappa shape index (κ2) is 7.61. The lowest BCUT2D eigenvalue weighted by Gasteiger charge is -2.14. The van der Waals surface area contributed by atoms with Crippen molar-refractivity contribution in [3.05, 3.63) is 53.6 Å². The highest BCUT2D eigenvalue weighted by molar-refractivity contribution is 6.02. The van der Waals surface area contributed by atoms with E-state index in [2.05, 4.69) is 5.32 Å². The molecule has 0 unspecified atom stereocenters. The zero-order chi connectivity index (χ0) is 19.4. The number of hydrogen-bond donors (Lipinski definition) is 1. The van der Waals surface area contributed by atoms with Crippen molar-refractivity contribution in [3.8, 4) is 17.2 Å². The Morgan fingerprint density at radius 1 is 1.19 bits per heavy atom. The Hall–Kier alpha value is -3.16. The van der Waals surface area contributed by atoms with E-state index in [1.54, 1.807) is 37.3 Å². The summed E-state index contributed by atoms with van der Waals surface area (Å²) in [4.78, 5) is 12.1. The normalized spacial score (nSPS) is 13.0. The molecule has 2 aromatic carbocycles. The number of anilines is 1. The third-order valence-electron chi connectivity index (χ3n) is 3.61. The Morgan fingerprint density at radius 2 is 1.96 bits per heavy atom. The minimum absolute atomic E-state index is 0.0443. The van der Waals surface area contributed by atoms with Crippen LogP contribution in [-0.2, 0) is 4.79 Å². The van der Waals surface area contributed by atoms with Gasteiger partial charge in [-0.1, -0.05) is 12.1 Å². The SMILES string of the molecule is Cc1ccc(NC(=O)C=Cc2ccc3c(c2)OCO3)c(OCC(F)(F)F)c1. The van der Waals surface area contributed by atoms with Crippen molar-refractivity contribution >= 4 is 17.7 Å². The van der Waals surface area contributed by atoms with Gasteiger partial charge in [0.25, 0.3) is 0 Å². The highest BCUT2D eigenvalue weighted by Gasteiger charge is 2.29. The molecule has 1 aliphatic rings. The van der Waals surface area contributed by atoms with Gasteiger partial charge in [0.1, 0.15) is 5.75 Å². The van der Waals surface area contributed by atoms with Gasteiger partial charge >= 0.3 is 6.18 Å². The average Bonchev–Trinajstić information content (AvgIpc) is 3.07. The van der Waals surface area contributed by atoms with E-state index in [0.717, 1.165) is 0 Å². The number of benzene rings is 2. The summed E-state index contributed by atoms with van der Waals surface area (Å²) in [5, 5.41) is 2.52. The van der Waals surface area contributed by atoms with Crippen LogP contribution in [0.1, 0.15) is 11.1 Å². The molecular formula is C19H16F3NO4. The van der Waals surface area contributed by atoms with Crippen LogP contribution in [-0.4, -0.2) is 25.5 Å². The molecule has 0 atom stereocenters. The van der Waals surface area contributed by atoms with Crippen LogP contribution in [0.5, 0.6) is 17.2 Å². The number of fused-ring (bicyclic) bond motifs is 1. The number of rotatable bonds is 5. The van der Waals surface area contributed by atoms with Crippen molar-refractivity contribution in [2.24, 2.45) is 0 Å². The van der Waals surface area contributed by atoms with E-state index >= 15 is 0 Å². The summed E-state index contributed by atoms with van der Waals surface area (Å²) in [6.45, 7) is 0.426. The summed E-state index contributed by atoms with van der Waals surface area (Å²) >= 11 is 0. The molecular weight excluding hydrogens is 363 g/mol. The zero-order valence-electron chi connectivity index (χ0n) is 14.3. The van der Waals surface area contributed by atoms with E-state index in [9.17, 15) is 18.0 Å². The van der Waals surface area contributed by atoms with Gasteiger partial charge in [0, 0.05) is 6.08 Å². The standard InChI is InChI=1S/C19H16F3NO4/c1-12-2-5-14(16(8-12)25-10-19(20,21)22)23-18(24)7-4-13-3-6-15-17(9-13)27-11-26-15/h2-9H,10-11H2,1H3,(H,23,24). The first-order chi connectivity index (χ1) is 12.8. The fourth-order valence-corrected chi connectivity index (χ4v) is 2.37. The second-order valence-electron chi connectivity index (χ2n) is 5.84. The van der Waals surface area contributed by atoms with Crippen LogP contribution >= 0.6 is 0 Å². The van der Waals surface area contributed by atoms with Crippen LogP contribution in [0.25, 0.3) is 6.08 Å². The van der Waals surface area contributed by atoms with Crippen molar-refractivity contribution in [1.29, 1.82) is 0 Å². The fraction of sp³-hybridized carbons (Fsp3) is 0.211. The molecule has 0 spiro atoms. The Bertz CT molecular complexity index is 878. The van der Waals surface area contributed by atoms with Crippen molar-refractivity contribution in [1.82, 2.24) is 0 Å². The van der Waals surface area contributed by atoms with Gasteiger partial charge in [0.2, 0.25) is 12.7 Å². The molecule has 142 valence electrons. The summed E-state index contributed by atoms with van der Waals surface area (Å²) in [6, 6.07) is 9.79. The molecule has 0 fully saturated rings. The number of ether oxygens (including phenoxy) is 3. The van der Waals surface area contributed by atoms with Crippen LogP contribution in [0.4, 0.5) is 18.9 Å². The topological polar surface area (TPSA) is 56.8 Å². The number of hydrogen-bond acceptors (Lipinski definition) is 4. The molecule has 5 nitrogen and oxygen atoms in total. The molecule has 27 heavy (non-hydrogen) atoms. The molecule has 0 bridgehead atoms. The van der Waals surface area contributed by atoms with E-state index in [-0.39, 0.29) is 18.2 Å². The number of carbonyl (C=O) groups is 1. The highest BCUT2D eigenvalue weighted by Crippen LogP contribution is 2.33. The number of aryl methyl sites for hydroxylation is 1. The Balaban J connectivity index is 1.68. The molecule has 1 amide bonds. The highest BCUT2D eigenvalue weighted by atomic mass is 19.4. The maximum Gasteiger partial charge on any atom is 0.422 e. The number of alkyl halides is 3. The minimum Gasteiger partial charge on any atom is -0.482 e. The first-order valence-corrected chi connectivity index (χ1v) is 7.99. The van der Waals surface area contributed by atoms with E-state index in [0.29, 0.717) is 22.6 Å². The summed E-state index contributed by atoms with van der Waals surface area (Å²) < 4.78 is 52.5. The van der Waals surface area contributed by atoms with Crippen molar-refractivity contribution < 1.29 is 32.2 Å². The van der Waals surface area contributed by atoms with Gasteiger partial charge in [-0.2, -0.15) is 13.2 Å². The van der Waals surface area contributed by atoms with Crippen molar-refractivity contribution in [2.45, 2.75) is 13.1 Å². The van der Waals surface area contributed by atoms with Gasteiger partial charge in [-0.05, 0) is 48.4 Å². The number of nitrogens with one attached hydrogen (secondary N) is 1. The summed E-state index contributed by atoms with van der Waals surface area (Å²) in [7, 11) is 0. The lowest BCUT2D eigenvalue weighted by atomic mass is 10.2. The van der Waals surface area contributed by atoms with Gasteiger partial charge in [0.05, 0.1) is 5.69 Å². The maximum atomic E-state index is 12.4. The van der Waals surface area contributed by atoms with E-state index < -0.39 is 18.7 Å². The molecule has 1 heterocycles. The van der Waals surface area contributed by atoms with Gasteiger partial charge in [-0.15, -0.1) is 0 Å². The quantitative estimate of drug-likeness (QED) is 0.787. The average molecular weight is 379 g/mol. The molecule has 0 aromatic heterocycles. The van der Waals surface area contributed by atoms with Crippen LogP contribution in [0.15, 0.2) is 42.5 Å². The minimum atomic E-state index is -4.47. The first-order valence-electron chi connectivity index (χ1n) is 7.99. The monoisotopic (exact) mass is 379 g/mol. The molecule has 1 aliphatic heterocycles. The van der Waals surface area contributed by atoms with Crippen molar-refractivity contribution in [2.75, 3.05) is 18.7 Å². The van der Waals surface area contributed by atoms with E-state index in [4.69, 9.17) is 14.2 Å². The van der Waals surface area contributed by atoms with Gasteiger partial charge < -0.3 is 19.5 Å². The van der Waals surface area contributed by atoms with E-state index in [1.165, 1.54) is 18.2 Å². The maximum absolute atomic E-state index is 12.4. The van der Waals surface area contributed by atoms with Gasteiger partial charge in [0.15, 0.2) is 18.1 Å². The molecule has 8 heteroatoms. The van der Waals surface area contributed by atoms with E-state index in [1.807, 2.05) is 0 Å². The largest absolute Gasteiger partial charge is 0.482 e. The Labute approximate surface area is 153 Å². The molecule has 0 aliphatic carbocycles. The number of amides is 1. The van der Waals surface area contributed by atoms with Crippen LogP contribution in [0.2, 0.25) is 0 Å². The third kappa shape index (κ3) is 5.16. The molecule has 2 aromatic rings. The van der Waals surface area contributed by atoms with Crippen LogP contribution in [0.3, 0.4) is 0 Å². The molecule has 0 saturated carbocycles. The number of carbonyl (C=O) groups excluding carboxylic acids is 1. The number of halogens is 3. The lowest BCUT2D eigenvalue weighted by Crippen LogP contribution is -2.20. The molecule has 3 rings (SSSR count).